The van der Waals surface area contributed by atoms with Crippen molar-refractivity contribution >= 4 is 5.78 Å². The number of hydrogen-bond donors (Lipinski definition) is 0. The standard InChI is InChI=1S/C15H22FNO3/c1-4-17(10-11-19-2)9-8-13(18)15-12(16)6-5-7-14(15)20-3/h5-7H,4,8-11H2,1-3H3. The molecule has 112 valence electrons. The summed E-state index contributed by atoms with van der Waals surface area (Å²) in [4.78, 5) is 14.3. The number of methoxy groups -OCH3 is 2. The summed E-state index contributed by atoms with van der Waals surface area (Å²) in [5, 5.41) is 0. The number of hydrogen-bond acceptors (Lipinski definition) is 4. The van der Waals surface area contributed by atoms with Gasteiger partial charge in [0.25, 0.3) is 0 Å². The predicted molar refractivity (Wildman–Crippen MR) is 75.9 cm³/mol. The molecule has 0 N–H and O–H groups in total. The molecule has 0 radical (unpaired) electrons. The van der Waals surface area contributed by atoms with Gasteiger partial charge >= 0.3 is 0 Å². The van der Waals surface area contributed by atoms with Gasteiger partial charge in [0.2, 0.25) is 0 Å². The lowest BCUT2D eigenvalue weighted by atomic mass is 10.1. The van der Waals surface area contributed by atoms with Crippen LogP contribution in [0.2, 0.25) is 0 Å². The molecule has 0 amide bonds. The number of likely N-dealkylation sites (N-methyl/N-ethyl adjacent to an activating group) is 1. The first-order valence-corrected chi connectivity index (χ1v) is 6.71. The molecule has 20 heavy (non-hydrogen) atoms. The molecule has 0 unspecified atom stereocenters. The Kier molecular flexibility index (Phi) is 7.18. The van der Waals surface area contributed by atoms with Gasteiger partial charge in [0.05, 0.1) is 19.3 Å². The maximum absolute atomic E-state index is 13.8. The number of Topliss-reactive ketones (excluding diaryl/α,β-unsaturated/α-hetero) is 1. The minimum Gasteiger partial charge on any atom is -0.496 e. The molecule has 0 saturated heterocycles. The summed E-state index contributed by atoms with van der Waals surface area (Å²) in [5.41, 5.74) is 0.0396. The van der Waals surface area contributed by atoms with Gasteiger partial charge in [0.1, 0.15) is 11.6 Å². The summed E-state index contributed by atoms with van der Waals surface area (Å²) in [6, 6.07) is 4.40. The Morgan fingerprint density at radius 2 is 2.05 bits per heavy atom. The molecule has 0 bridgehead atoms. The molecule has 5 heteroatoms. The van der Waals surface area contributed by atoms with E-state index in [2.05, 4.69) is 4.90 Å². The van der Waals surface area contributed by atoms with Crippen LogP contribution in [0.4, 0.5) is 4.39 Å². The Morgan fingerprint density at radius 1 is 1.30 bits per heavy atom. The van der Waals surface area contributed by atoms with Gasteiger partial charge in [-0.15, -0.1) is 0 Å². The van der Waals surface area contributed by atoms with Crippen LogP contribution in [-0.4, -0.2) is 51.1 Å². The third-order valence-corrected chi connectivity index (χ3v) is 3.19. The summed E-state index contributed by atoms with van der Waals surface area (Å²) in [6.07, 6.45) is 0.259. The van der Waals surface area contributed by atoms with Crippen molar-refractivity contribution in [1.29, 1.82) is 0 Å². The first-order chi connectivity index (χ1) is 9.63. The highest BCUT2D eigenvalue weighted by Gasteiger charge is 2.18. The Morgan fingerprint density at radius 3 is 2.65 bits per heavy atom. The number of ether oxygens (including phenoxy) is 2. The number of carbonyl (C=O) groups excluding carboxylic acids is 1. The smallest absolute Gasteiger partial charge is 0.170 e. The highest BCUT2D eigenvalue weighted by molar-refractivity contribution is 5.99. The molecule has 0 spiro atoms. The van der Waals surface area contributed by atoms with Crippen molar-refractivity contribution in [2.45, 2.75) is 13.3 Å². The van der Waals surface area contributed by atoms with E-state index in [-0.39, 0.29) is 23.5 Å². The zero-order valence-electron chi connectivity index (χ0n) is 12.3. The zero-order chi connectivity index (χ0) is 15.0. The number of benzene rings is 1. The molecule has 0 fully saturated rings. The average Bonchev–Trinajstić information content (AvgIpc) is 2.46. The molecule has 0 aromatic heterocycles. The van der Waals surface area contributed by atoms with Crippen LogP contribution in [-0.2, 0) is 4.74 Å². The molecule has 1 aromatic carbocycles. The van der Waals surface area contributed by atoms with Gasteiger partial charge in [-0.25, -0.2) is 4.39 Å². The number of nitrogens with zero attached hydrogens (tertiary/aromatic N) is 1. The fourth-order valence-electron chi connectivity index (χ4n) is 1.98. The largest absolute Gasteiger partial charge is 0.496 e. The van der Waals surface area contributed by atoms with Gasteiger partial charge in [-0.3, -0.25) is 4.79 Å². The lowest BCUT2D eigenvalue weighted by Crippen LogP contribution is -2.29. The molecule has 0 aliphatic heterocycles. The summed E-state index contributed by atoms with van der Waals surface area (Å²) in [7, 11) is 3.08. The Hall–Kier alpha value is -1.46. The summed E-state index contributed by atoms with van der Waals surface area (Å²) in [6.45, 7) is 4.80. The summed E-state index contributed by atoms with van der Waals surface area (Å²) in [5.74, 6) is -0.486. The van der Waals surface area contributed by atoms with Crippen molar-refractivity contribution in [1.82, 2.24) is 4.90 Å². The number of halogens is 1. The van der Waals surface area contributed by atoms with Crippen LogP contribution in [0.15, 0.2) is 18.2 Å². The maximum atomic E-state index is 13.8. The molecule has 0 saturated carbocycles. The van der Waals surface area contributed by atoms with E-state index in [0.29, 0.717) is 13.2 Å². The van der Waals surface area contributed by atoms with Crippen molar-refractivity contribution in [2.75, 3.05) is 40.5 Å². The fraction of sp³-hybridized carbons (Fsp3) is 0.533. The Balaban J connectivity index is 2.67. The second-order valence-electron chi connectivity index (χ2n) is 4.42. The van der Waals surface area contributed by atoms with E-state index in [4.69, 9.17) is 9.47 Å². The second-order valence-corrected chi connectivity index (χ2v) is 4.42. The van der Waals surface area contributed by atoms with Gasteiger partial charge in [-0.05, 0) is 18.7 Å². The third-order valence-electron chi connectivity index (χ3n) is 3.19. The van der Waals surface area contributed by atoms with Crippen LogP contribution < -0.4 is 4.74 Å². The topological polar surface area (TPSA) is 38.8 Å². The van der Waals surface area contributed by atoms with Crippen LogP contribution >= 0.6 is 0 Å². The Bertz CT molecular complexity index is 437. The maximum Gasteiger partial charge on any atom is 0.170 e. The molecule has 0 aliphatic carbocycles. The Labute approximate surface area is 119 Å². The first-order valence-electron chi connectivity index (χ1n) is 6.71. The van der Waals surface area contributed by atoms with Gasteiger partial charge in [0.15, 0.2) is 5.78 Å². The van der Waals surface area contributed by atoms with Crippen molar-refractivity contribution in [3.63, 3.8) is 0 Å². The quantitative estimate of drug-likeness (QED) is 0.652. The second kappa shape index (κ2) is 8.66. The molecule has 0 heterocycles. The van der Waals surface area contributed by atoms with Crippen LogP contribution in [0.25, 0.3) is 0 Å². The zero-order valence-corrected chi connectivity index (χ0v) is 12.3. The van der Waals surface area contributed by atoms with Crippen molar-refractivity contribution < 1.29 is 18.7 Å². The van der Waals surface area contributed by atoms with E-state index in [1.807, 2.05) is 6.92 Å². The molecular formula is C15H22FNO3. The van der Waals surface area contributed by atoms with Crippen LogP contribution in [0.5, 0.6) is 5.75 Å². The van der Waals surface area contributed by atoms with Gasteiger partial charge in [0, 0.05) is 26.6 Å². The molecular weight excluding hydrogens is 261 g/mol. The van der Waals surface area contributed by atoms with E-state index < -0.39 is 5.82 Å². The molecule has 4 nitrogen and oxygen atoms in total. The van der Waals surface area contributed by atoms with E-state index in [9.17, 15) is 9.18 Å². The molecule has 0 atom stereocenters. The van der Waals surface area contributed by atoms with Crippen LogP contribution in [0.3, 0.4) is 0 Å². The lowest BCUT2D eigenvalue weighted by molar-refractivity contribution is 0.0945. The van der Waals surface area contributed by atoms with Gasteiger partial charge in [-0.1, -0.05) is 13.0 Å². The monoisotopic (exact) mass is 283 g/mol. The number of carbonyl (C=O) groups is 1. The van der Waals surface area contributed by atoms with E-state index in [1.165, 1.54) is 19.2 Å². The lowest BCUT2D eigenvalue weighted by Gasteiger charge is -2.19. The van der Waals surface area contributed by atoms with E-state index in [0.717, 1.165) is 13.1 Å². The molecule has 1 rings (SSSR count). The average molecular weight is 283 g/mol. The number of rotatable bonds is 9. The van der Waals surface area contributed by atoms with Gasteiger partial charge in [-0.2, -0.15) is 0 Å². The SMILES string of the molecule is CCN(CCOC)CCC(=O)c1c(F)cccc1OC. The summed E-state index contributed by atoms with van der Waals surface area (Å²) < 4.78 is 23.8. The van der Waals surface area contributed by atoms with E-state index >= 15 is 0 Å². The van der Waals surface area contributed by atoms with Crippen LogP contribution in [0, 0.1) is 5.82 Å². The van der Waals surface area contributed by atoms with E-state index in [1.54, 1.807) is 13.2 Å². The van der Waals surface area contributed by atoms with Crippen molar-refractivity contribution in [3.05, 3.63) is 29.6 Å². The van der Waals surface area contributed by atoms with Crippen molar-refractivity contribution in [3.8, 4) is 5.75 Å². The fourth-order valence-corrected chi connectivity index (χ4v) is 1.98. The van der Waals surface area contributed by atoms with Crippen LogP contribution in [0.1, 0.15) is 23.7 Å². The van der Waals surface area contributed by atoms with Gasteiger partial charge < -0.3 is 14.4 Å². The molecule has 0 aliphatic rings. The number of ketones is 1. The minimum atomic E-state index is -0.533. The normalized spacial score (nSPS) is 10.8. The predicted octanol–water partition coefficient (Wildman–Crippen LogP) is 2.38. The van der Waals surface area contributed by atoms with Crippen molar-refractivity contribution in [2.24, 2.45) is 0 Å². The molecule has 1 aromatic rings. The highest BCUT2D eigenvalue weighted by Crippen LogP contribution is 2.22. The third kappa shape index (κ3) is 4.58. The first kappa shape index (κ1) is 16.6. The summed E-state index contributed by atoms with van der Waals surface area (Å²) >= 11 is 0. The highest BCUT2D eigenvalue weighted by atomic mass is 19.1. The minimum absolute atomic E-state index is 0.0396.